The smallest absolute Gasteiger partial charge is 0.312 e. The zero-order chi connectivity index (χ0) is 12.4. The van der Waals surface area contributed by atoms with E-state index in [1.165, 1.54) is 0 Å². The predicted octanol–water partition coefficient (Wildman–Crippen LogP) is -1.57. The summed E-state index contributed by atoms with van der Waals surface area (Å²) in [5.41, 5.74) is 0. The van der Waals surface area contributed by atoms with Crippen molar-refractivity contribution < 1.29 is 27.6 Å². The Hall–Kier alpha value is -0.800. The van der Waals surface area contributed by atoms with Crippen molar-refractivity contribution in [1.29, 1.82) is 0 Å². The minimum absolute atomic E-state index is 0. The van der Waals surface area contributed by atoms with Gasteiger partial charge in [-0.25, -0.2) is 0 Å². The SMILES string of the molecule is C=CCC(CC=C)C[NH2+]CC(CC)C(=O)O.[Cl-]. The number of hydrogen-bond acceptors (Lipinski definition) is 1. The maximum Gasteiger partial charge on any atom is 0.312 e. The summed E-state index contributed by atoms with van der Waals surface area (Å²) in [6.45, 7) is 11.0. The molecule has 0 aromatic rings. The van der Waals surface area contributed by atoms with Crippen molar-refractivity contribution in [2.24, 2.45) is 11.8 Å². The lowest BCUT2D eigenvalue weighted by atomic mass is 10.0. The Bertz CT molecular complexity index is 221. The first-order valence-electron chi connectivity index (χ1n) is 5.91. The van der Waals surface area contributed by atoms with Gasteiger partial charge in [-0.1, -0.05) is 19.1 Å². The molecule has 0 aliphatic heterocycles. The number of carboxylic acid groups (broad SMARTS) is 1. The first-order chi connectivity index (χ1) is 7.65. The second-order valence-electron chi connectivity index (χ2n) is 4.12. The van der Waals surface area contributed by atoms with E-state index in [1.54, 1.807) is 0 Å². The highest BCUT2D eigenvalue weighted by molar-refractivity contribution is 5.69. The summed E-state index contributed by atoms with van der Waals surface area (Å²) in [4.78, 5) is 10.8. The van der Waals surface area contributed by atoms with Gasteiger partial charge in [-0.3, -0.25) is 4.79 Å². The average Bonchev–Trinajstić information content (AvgIpc) is 2.24. The van der Waals surface area contributed by atoms with E-state index >= 15 is 0 Å². The predicted molar refractivity (Wildman–Crippen MR) is 66.2 cm³/mol. The molecule has 100 valence electrons. The lowest BCUT2D eigenvalue weighted by Crippen LogP contribution is -3.00. The number of rotatable bonds is 10. The summed E-state index contributed by atoms with van der Waals surface area (Å²) in [5, 5.41) is 11.0. The third kappa shape index (κ3) is 8.95. The van der Waals surface area contributed by atoms with Crippen LogP contribution in [-0.2, 0) is 4.79 Å². The number of aliphatic carboxylic acids is 1. The van der Waals surface area contributed by atoms with E-state index in [2.05, 4.69) is 18.5 Å². The van der Waals surface area contributed by atoms with Crippen LogP contribution in [0.1, 0.15) is 26.2 Å². The number of quaternary nitrogens is 1. The zero-order valence-corrected chi connectivity index (χ0v) is 11.3. The molecule has 0 aromatic carbocycles. The van der Waals surface area contributed by atoms with Crippen LogP contribution in [-0.4, -0.2) is 24.2 Å². The van der Waals surface area contributed by atoms with E-state index in [9.17, 15) is 4.79 Å². The molecular formula is C13H24ClNO2. The maximum atomic E-state index is 10.8. The van der Waals surface area contributed by atoms with Crippen LogP contribution in [0.25, 0.3) is 0 Å². The Kier molecular flexibility index (Phi) is 12.8. The number of hydrogen-bond donors (Lipinski definition) is 2. The molecule has 0 saturated heterocycles. The fourth-order valence-electron chi connectivity index (χ4n) is 1.74. The minimum atomic E-state index is -0.692. The molecule has 0 aromatic heterocycles. The molecule has 0 spiro atoms. The maximum absolute atomic E-state index is 10.8. The topological polar surface area (TPSA) is 53.9 Å². The molecule has 0 amide bonds. The monoisotopic (exact) mass is 261 g/mol. The number of carbonyl (C=O) groups is 1. The van der Waals surface area contributed by atoms with Gasteiger partial charge in [-0.05, 0) is 19.3 Å². The van der Waals surface area contributed by atoms with Crippen LogP contribution in [0.4, 0.5) is 0 Å². The van der Waals surface area contributed by atoms with Crippen molar-refractivity contribution in [1.82, 2.24) is 0 Å². The summed E-state index contributed by atoms with van der Waals surface area (Å²) in [6.07, 6.45) is 6.45. The zero-order valence-electron chi connectivity index (χ0n) is 10.6. The lowest BCUT2D eigenvalue weighted by Gasteiger charge is -2.13. The quantitative estimate of drug-likeness (QED) is 0.467. The van der Waals surface area contributed by atoms with Crippen LogP contribution in [0.15, 0.2) is 25.3 Å². The summed E-state index contributed by atoms with van der Waals surface area (Å²) >= 11 is 0. The Morgan fingerprint density at radius 1 is 1.29 bits per heavy atom. The first kappa shape index (κ1) is 18.6. The van der Waals surface area contributed by atoms with Crippen LogP contribution in [0, 0.1) is 11.8 Å². The van der Waals surface area contributed by atoms with Gasteiger partial charge in [0.1, 0.15) is 5.92 Å². The fourth-order valence-corrected chi connectivity index (χ4v) is 1.74. The highest BCUT2D eigenvalue weighted by atomic mass is 35.5. The van der Waals surface area contributed by atoms with Crippen molar-refractivity contribution in [2.45, 2.75) is 26.2 Å². The van der Waals surface area contributed by atoms with Crippen LogP contribution < -0.4 is 17.7 Å². The third-order valence-electron chi connectivity index (χ3n) is 2.79. The van der Waals surface area contributed by atoms with E-state index in [4.69, 9.17) is 5.11 Å². The van der Waals surface area contributed by atoms with Gasteiger partial charge in [0, 0.05) is 5.92 Å². The van der Waals surface area contributed by atoms with E-state index < -0.39 is 5.97 Å². The molecule has 3 N–H and O–H groups in total. The summed E-state index contributed by atoms with van der Waals surface area (Å²) in [6, 6.07) is 0. The second kappa shape index (κ2) is 11.7. The molecule has 1 unspecified atom stereocenters. The molecule has 1 atom stereocenters. The van der Waals surface area contributed by atoms with Crippen LogP contribution >= 0.6 is 0 Å². The van der Waals surface area contributed by atoms with Crippen molar-refractivity contribution in [3.8, 4) is 0 Å². The number of halogens is 1. The molecule has 0 aliphatic carbocycles. The molecule has 3 nitrogen and oxygen atoms in total. The molecule has 0 saturated carbocycles. The van der Waals surface area contributed by atoms with Gasteiger partial charge < -0.3 is 22.8 Å². The van der Waals surface area contributed by atoms with Crippen LogP contribution in [0.5, 0.6) is 0 Å². The molecule has 0 radical (unpaired) electrons. The molecule has 17 heavy (non-hydrogen) atoms. The van der Waals surface area contributed by atoms with Gasteiger partial charge in [-0.2, -0.15) is 0 Å². The van der Waals surface area contributed by atoms with E-state index in [0.29, 0.717) is 18.9 Å². The molecule has 0 bridgehead atoms. The van der Waals surface area contributed by atoms with Gasteiger partial charge in [0.25, 0.3) is 0 Å². The Morgan fingerprint density at radius 2 is 1.82 bits per heavy atom. The number of carboxylic acids is 1. The molecule has 0 fully saturated rings. The second-order valence-corrected chi connectivity index (χ2v) is 4.12. The highest BCUT2D eigenvalue weighted by Gasteiger charge is 2.17. The van der Waals surface area contributed by atoms with Crippen LogP contribution in [0.2, 0.25) is 0 Å². The fraction of sp³-hybridized carbons (Fsp3) is 0.615. The highest BCUT2D eigenvalue weighted by Crippen LogP contribution is 2.06. The van der Waals surface area contributed by atoms with Gasteiger partial charge in [0.15, 0.2) is 0 Å². The lowest BCUT2D eigenvalue weighted by molar-refractivity contribution is -0.664. The molecular weight excluding hydrogens is 238 g/mol. The van der Waals surface area contributed by atoms with Crippen molar-refractivity contribution in [3.63, 3.8) is 0 Å². The Morgan fingerprint density at radius 3 is 2.18 bits per heavy atom. The Labute approximate surface area is 110 Å². The van der Waals surface area contributed by atoms with E-state index in [1.807, 2.05) is 19.1 Å². The molecule has 0 aliphatic rings. The van der Waals surface area contributed by atoms with Gasteiger partial charge in [0.05, 0.1) is 13.1 Å². The summed E-state index contributed by atoms with van der Waals surface area (Å²) < 4.78 is 0. The van der Waals surface area contributed by atoms with E-state index in [-0.39, 0.29) is 18.3 Å². The van der Waals surface area contributed by atoms with Crippen molar-refractivity contribution >= 4 is 5.97 Å². The van der Waals surface area contributed by atoms with Crippen LogP contribution in [0.3, 0.4) is 0 Å². The largest absolute Gasteiger partial charge is 1.00 e. The molecule has 0 heterocycles. The number of allylic oxidation sites excluding steroid dienone is 2. The summed E-state index contributed by atoms with van der Waals surface area (Å²) in [5.74, 6) is -0.392. The normalized spacial score (nSPS) is 11.6. The van der Waals surface area contributed by atoms with Gasteiger partial charge >= 0.3 is 5.97 Å². The van der Waals surface area contributed by atoms with Crippen molar-refractivity contribution in [3.05, 3.63) is 25.3 Å². The first-order valence-corrected chi connectivity index (χ1v) is 5.91. The standard InChI is InChI=1S/C13H23NO2.ClH/c1-4-7-11(8-5-2)9-14-10-12(6-3)13(15)16;/h4-5,11-12,14H,1-2,6-10H2,3H3,(H,15,16);1H. The van der Waals surface area contributed by atoms with Gasteiger partial charge in [0.2, 0.25) is 0 Å². The van der Waals surface area contributed by atoms with E-state index in [0.717, 1.165) is 19.4 Å². The molecule has 4 heteroatoms. The van der Waals surface area contributed by atoms with Gasteiger partial charge in [-0.15, -0.1) is 13.2 Å². The number of nitrogens with two attached hydrogens (primary N) is 1. The minimum Gasteiger partial charge on any atom is -1.00 e. The van der Waals surface area contributed by atoms with Crippen molar-refractivity contribution in [2.75, 3.05) is 13.1 Å². The molecule has 0 rings (SSSR count). The Balaban J connectivity index is 0. The average molecular weight is 262 g/mol. The summed E-state index contributed by atoms with van der Waals surface area (Å²) in [7, 11) is 0. The third-order valence-corrected chi connectivity index (χ3v) is 2.79.